The lowest BCUT2D eigenvalue weighted by molar-refractivity contribution is -2.00. The molecule has 0 fully saturated rings. The molecule has 0 saturated heterocycles. The summed E-state index contributed by atoms with van der Waals surface area (Å²) in [4.78, 5) is 0. The van der Waals surface area contributed by atoms with Crippen LogP contribution in [-0.2, 0) is 5.41 Å². The second-order valence-corrected chi connectivity index (χ2v) is 6.38. The number of hydrogen-bond acceptors (Lipinski definition) is 4. The van der Waals surface area contributed by atoms with Crippen LogP contribution in [-0.4, -0.2) is 17.3 Å². The minimum absolute atomic E-state index is 0.180. The maximum Gasteiger partial charge on any atom is 0.209 e. The second kappa shape index (κ2) is 5.79. The van der Waals surface area contributed by atoms with Crippen molar-refractivity contribution in [3.63, 3.8) is 0 Å². The Balaban J connectivity index is 0.000000347. The van der Waals surface area contributed by atoms with Gasteiger partial charge in [0.1, 0.15) is 7.05 Å². The van der Waals surface area contributed by atoms with Crippen LogP contribution >= 0.6 is 0 Å². The summed E-state index contributed by atoms with van der Waals surface area (Å²) in [5.74, 6) is 0.595. The first-order chi connectivity index (χ1) is 8.96. The van der Waals surface area contributed by atoms with Crippen molar-refractivity contribution >= 4 is 11.4 Å². The summed E-state index contributed by atoms with van der Waals surface area (Å²) in [7, 11) is -2.76. The van der Waals surface area contributed by atoms with Crippen molar-refractivity contribution in [2.45, 2.75) is 33.1 Å². The van der Waals surface area contributed by atoms with Gasteiger partial charge in [-0.2, -0.15) is 0 Å². The highest BCUT2D eigenvalue weighted by molar-refractivity contribution is 5.96. The summed E-state index contributed by atoms with van der Waals surface area (Å²) < 4.78 is 36.3. The average molecular weight is 302 g/mol. The van der Waals surface area contributed by atoms with Gasteiger partial charge >= 0.3 is 0 Å². The first-order valence-corrected chi connectivity index (χ1v) is 7.52. The molecule has 0 saturated carbocycles. The van der Waals surface area contributed by atoms with Gasteiger partial charge in [0.25, 0.3) is 0 Å². The average Bonchev–Trinajstić information content (AvgIpc) is 2.45. The first kappa shape index (κ1) is 17.1. The van der Waals surface area contributed by atoms with E-state index in [2.05, 4.69) is 63.6 Å². The smallest absolute Gasteiger partial charge is 0.209 e. The maximum atomic E-state index is 8.49. The zero-order valence-electron chi connectivity index (χ0n) is 12.3. The predicted octanol–water partition coefficient (Wildman–Crippen LogP) is -1.41. The third-order valence-electron chi connectivity index (χ3n) is 3.49. The van der Waals surface area contributed by atoms with Gasteiger partial charge in [0.05, 0.1) is 5.41 Å². The number of nitrogens with zero attached hydrogens (tertiary/aromatic N) is 1. The summed E-state index contributed by atoms with van der Waals surface area (Å²) in [5.41, 5.74) is 4.52. The number of hydrogen-bond donors (Lipinski definition) is 0. The molecule has 1 aliphatic rings. The molecular weight excluding hydrogens is 282 g/mol. The van der Waals surface area contributed by atoms with Crippen LogP contribution in [0.3, 0.4) is 0 Å². The molecular formula is C14H20ClNO4. The van der Waals surface area contributed by atoms with Crippen LogP contribution in [0.15, 0.2) is 24.3 Å². The largest absolute Gasteiger partial charge is 0.222 e. The third-order valence-corrected chi connectivity index (χ3v) is 3.49. The minimum atomic E-state index is -4.94. The van der Waals surface area contributed by atoms with E-state index in [0.717, 1.165) is 0 Å². The number of benzene rings is 1. The Hall–Kier alpha value is -0.980. The quantitative estimate of drug-likeness (QED) is 0.596. The summed E-state index contributed by atoms with van der Waals surface area (Å²) >= 11 is 0. The number of halogens is 1. The summed E-state index contributed by atoms with van der Waals surface area (Å²) in [6, 6.07) is 8.72. The van der Waals surface area contributed by atoms with Gasteiger partial charge in [-0.15, -0.1) is 10.2 Å². The minimum Gasteiger partial charge on any atom is -0.222 e. The first-order valence-electron chi connectivity index (χ1n) is 6.28. The molecule has 2 rings (SSSR count). The van der Waals surface area contributed by atoms with Gasteiger partial charge in [0.15, 0.2) is 5.71 Å². The van der Waals surface area contributed by atoms with Gasteiger partial charge < -0.3 is 0 Å². The molecule has 0 unspecified atom stereocenters. The van der Waals surface area contributed by atoms with Crippen molar-refractivity contribution in [3.05, 3.63) is 29.8 Å². The van der Waals surface area contributed by atoms with Crippen molar-refractivity contribution in [2.75, 3.05) is 7.05 Å². The molecule has 1 heterocycles. The lowest BCUT2D eigenvalue weighted by Crippen LogP contribution is -2.68. The second-order valence-electron chi connectivity index (χ2n) is 5.62. The third kappa shape index (κ3) is 3.77. The Morgan fingerprint density at radius 3 is 1.90 bits per heavy atom. The summed E-state index contributed by atoms with van der Waals surface area (Å²) in [5, 5.41) is 0. The molecule has 20 heavy (non-hydrogen) atoms. The molecule has 0 atom stereocenters. The monoisotopic (exact) mass is 301 g/mol. The van der Waals surface area contributed by atoms with Crippen molar-refractivity contribution in [3.8, 4) is 0 Å². The summed E-state index contributed by atoms with van der Waals surface area (Å²) in [6.07, 6.45) is 0. The van der Waals surface area contributed by atoms with Crippen LogP contribution in [0.4, 0.5) is 5.69 Å². The number of fused-ring (bicyclic) bond motifs is 1. The Morgan fingerprint density at radius 1 is 1.05 bits per heavy atom. The van der Waals surface area contributed by atoms with Crippen LogP contribution in [0.1, 0.15) is 33.3 Å². The lowest BCUT2D eigenvalue weighted by atomic mass is 9.78. The van der Waals surface area contributed by atoms with E-state index in [9.17, 15) is 0 Å². The molecule has 0 N–H and O–H groups in total. The molecule has 0 spiro atoms. The fourth-order valence-electron chi connectivity index (χ4n) is 3.09. The summed E-state index contributed by atoms with van der Waals surface area (Å²) in [6.45, 7) is 9.20. The van der Waals surface area contributed by atoms with E-state index in [0.29, 0.717) is 5.92 Å². The Bertz CT molecular complexity index is 512. The van der Waals surface area contributed by atoms with Crippen molar-refractivity contribution in [1.29, 1.82) is 0 Å². The van der Waals surface area contributed by atoms with Gasteiger partial charge in [0, 0.05) is 17.5 Å². The number of rotatable bonds is 1. The van der Waals surface area contributed by atoms with E-state index in [-0.39, 0.29) is 5.41 Å². The highest BCUT2D eigenvalue weighted by atomic mass is 35.7. The SMILES string of the molecule is CC(C)C1=[N+](C)c2ccccc2C1(C)C.[O-][Cl+3]([O-])([O-])[O-]. The van der Waals surface area contributed by atoms with Gasteiger partial charge in [0.2, 0.25) is 5.69 Å². The molecule has 112 valence electrons. The highest BCUT2D eigenvalue weighted by Gasteiger charge is 2.44. The maximum absolute atomic E-state index is 8.49. The molecule has 1 aliphatic heterocycles. The molecule has 6 heteroatoms. The fourth-order valence-corrected chi connectivity index (χ4v) is 3.09. The molecule has 0 amide bonds. The fraction of sp³-hybridized carbons (Fsp3) is 0.500. The van der Waals surface area contributed by atoms with Crippen molar-refractivity contribution in [1.82, 2.24) is 0 Å². The standard InChI is InChI=1S/C14H20N.ClHO4/c1-10(2)13-14(3,4)11-8-6-7-9-12(11)15(13)5;2-1(3,4)5/h6-10H,1-5H3;(H,2,3,4,5)/q+1;/p-1. The van der Waals surface area contributed by atoms with E-state index in [4.69, 9.17) is 18.6 Å². The molecule has 5 nitrogen and oxygen atoms in total. The van der Waals surface area contributed by atoms with Crippen molar-refractivity contribution < 1.29 is 33.5 Å². The Labute approximate surface area is 121 Å². The van der Waals surface area contributed by atoms with Gasteiger partial charge in [-0.3, -0.25) is 0 Å². The van der Waals surface area contributed by atoms with Crippen LogP contribution in [0, 0.1) is 16.2 Å². The Kier molecular flexibility index (Phi) is 4.94. The van der Waals surface area contributed by atoms with Gasteiger partial charge in [-0.05, 0) is 13.8 Å². The molecule has 0 aromatic heterocycles. The van der Waals surface area contributed by atoms with Crippen LogP contribution in [0.25, 0.3) is 0 Å². The molecule has 0 bridgehead atoms. The lowest BCUT2D eigenvalue weighted by Gasteiger charge is -2.19. The highest BCUT2D eigenvalue weighted by Crippen LogP contribution is 2.40. The van der Waals surface area contributed by atoms with Crippen LogP contribution in [0.2, 0.25) is 0 Å². The van der Waals surface area contributed by atoms with E-state index in [1.54, 1.807) is 0 Å². The normalized spacial score (nSPS) is 16.9. The predicted molar refractivity (Wildman–Crippen MR) is 65.2 cm³/mol. The van der Waals surface area contributed by atoms with Crippen molar-refractivity contribution in [2.24, 2.45) is 5.92 Å². The molecule has 1 aromatic carbocycles. The number of para-hydroxylation sites is 1. The van der Waals surface area contributed by atoms with E-state index in [1.165, 1.54) is 17.0 Å². The van der Waals surface area contributed by atoms with Gasteiger partial charge in [-0.1, -0.05) is 32.0 Å². The molecule has 0 radical (unpaired) electrons. The zero-order chi connectivity index (χ0) is 15.7. The van der Waals surface area contributed by atoms with E-state index < -0.39 is 10.2 Å². The van der Waals surface area contributed by atoms with Crippen LogP contribution < -0.4 is 18.6 Å². The van der Waals surface area contributed by atoms with Gasteiger partial charge in [-0.25, -0.2) is 23.2 Å². The van der Waals surface area contributed by atoms with E-state index in [1.807, 2.05) is 0 Å². The molecule has 0 aliphatic carbocycles. The Morgan fingerprint density at radius 2 is 1.50 bits per heavy atom. The van der Waals surface area contributed by atoms with Crippen LogP contribution in [0.5, 0.6) is 0 Å². The van der Waals surface area contributed by atoms with E-state index >= 15 is 0 Å². The topological polar surface area (TPSA) is 95.2 Å². The molecule has 1 aromatic rings. The zero-order valence-corrected chi connectivity index (χ0v) is 13.1.